The number of carbonyl (C=O) groups is 1. The van der Waals surface area contributed by atoms with E-state index in [1.807, 2.05) is 0 Å². The number of pyridine rings is 1. The van der Waals surface area contributed by atoms with Crippen molar-refractivity contribution in [3.8, 4) is 5.75 Å². The molecule has 1 saturated carbocycles. The molecule has 8 heteroatoms. The second-order valence-corrected chi connectivity index (χ2v) is 6.82. The topological polar surface area (TPSA) is 54.5 Å². The van der Waals surface area contributed by atoms with Gasteiger partial charge in [-0.05, 0) is 50.8 Å². The van der Waals surface area contributed by atoms with E-state index in [9.17, 15) is 18.0 Å². The molecule has 5 nitrogen and oxygen atoms in total. The number of anilines is 1. The molecule has 0 spiro atoms. The van der Waals surface area contributed by atoms with Gasteiger partial charge in [0, 0.05) is 6.54 Å². The van der Waals surface area contributed by atoms with Crippen LogP contribution in [0.25, 0.3) is 0 Å². The van der Waals surface area contributed by atoms with Crippen molar-refractivity contribution < 1.29 is 22.7 Å². The summed E-state index contributed by atoms with van der Waals surface area (Å²) in [5.41, 5.74) is 0. The smallest absolute Gasteiger partial charge is 0.393 e. The first-order chi connectivity index (χ1) is 11.8. The van der Waals surface area contributed by atoms with Gasteiger partial charge in [0.25, 0.3) is 0 Å². The van der Waals surface area contributed by atoms with E-state index in [1.165, 1.54) is 19.0 Å². The lowest BCUT2D eigenvalue weighted by Crippen LogP contribution is -2.41. The minimum atomic E-state index is -4.21. The third kappa shape index (κ3) is 4.84. The minimum absolute atomic E-state index is 0.0341. The van der Waals surface area contributed by atoms with Crippen molar-refractivity contribution in [3.63, 3.8) is 0 Å². The molecule has 3 rings (SSSR count). The average molecular weight is 357 g/mol. The summed E-state index contributed by atoms with van der Waals surface area (Å²) in [4.78, 5) is 17.9. The molecule has 138 valence electrons. The molecular formula is C17H22F3N3O2. The Hall–Kier alpha value is -1.83. The van der Waals surface area contributed by atoms with Gasteiger partial charge < -0.3 is 10.1 Å². The largest absolute Gasteiger partial charge is 0.492 e. The molecule has 1 aliphatic heterocycles. The van der Waals surface area contributed by atoms with Crippen molar-refractivity contribution >= 4 is 11.7 Å². The molecule has 2 atom stereocenters. The molecule has 0 radical (unpaired) electrons. The zero-order valence-electron chi connectivity index (χ0n) is 14.1. The Morgan fingerprint density at radius 2 is 2.16 bits per heavy atom. The van der Waals surface area contributed by atoms with Crippen LogP contribution in [0.5, 0.6) is 5.75 Å². The average Bonchev–Trinajstić information content (AvgIpc) is 3.25. The van der Waals surface area contributed by atoms with E-state index in [0.29, 0.717) is 24.1 Å². The maximum absolute atomic E-state index is 12.8. The third-order valence-electron chi connectivity index (χ3n) is 4.78. The zero-order chi connectivity index (χ0) is 18.0. The molecule has 0 bridgehead atoms. The first-order valence-electron chi connectivity index (χ1n) is 8.53. The highest BCUT2D eigenvalue weighted by Crippen LogP contribution is 2.34. The van der Waals surface area contributed by atoms with Gasteiger partial charge in [0.05, 0.1) is 24.8 Å². The van der Waals surface area contributed by atoms with Crippen LogP contribution in [0.2, 0.25) is 0 Å². The molecular weight excluding hydrogens is 335 g/mol. The Morgan fingerprint density at radius 1 is 1.40 bits per heavy atom. The van der Waals surface area contributed by atoms with Crippen LogP contribution in [-0.2, 0) is 4.79 Å². The number of hydrogen-bond donors (Lipinski definition) is 1. The van der Waals surface area contributed by atoms with Crippen molar-refractivity contribution in [2.24, 2.45) is 11.8 Å². The van der Waals surface area contributed by atoms with Gasteiger partial charge in [0.1, 0.15) is 11.6 Å². The standard InChI is InChI=1S/C17H22F3N3O2/c1-11(23-7-6-13(9-23)17(18,19)20)16(24)22-15-5-4-14(8-21-15)25-10-12-2-3-12/h4-5,8,11-13H,2-3,6-7,9-10H2,1H3,(H,21,22,24)/t11-,13+/m0/s1. The number of rotatable bonds is 6. The molecule has 1 aromatic rings. The third-order valence-corrected chi connectivity index (χ3v) is 4.78. The molecule has 0 unspecified atom stereocenters. The first kappa shape index (κ1) is 18.0. The summed E-state index contributed by atoms with van der Waals surface area (Å²) in [6.45, 7) is 2.42. The van der Waals surface area contributed by atoms with Gasteiger partial charge in [-0.25, -0.2) is 4.98 Å². The Labute approximate surface area is 144 Å². The van der Waals surface area contributed by atoms with Gasteiger partial charge in [-0.15, -0.1) is 0 Å². The Balaban J connectivity index is 1.49. The number of nitrogens with one attached hydrogen (secondary N) is 1. The van der Waals surface area contributed by atoms with Crippen molar-refractivity contribution in [1.29, 1.82) is 0 Å². The number of halogens is 3. The van der Waals surface area contributed by atoms with Gasteiger partial charge >= 0.3 is 6.18 Å². The molecule has 1 amide bonds. The van der Waals surface area contributed by atoms with E-state index in [2.05, 4.69) is 10.3 Å². The van der Waals surface area contributed by atoms with Gasteiger partial charge in [-0.3, -0.25) is 9.69 Å². The van der Waals surface area contributed by atoms with E-state index in [0.717, 1.165) is 0 Å². The molecule has 0 aromatic carbocycles. The fraction of sp³-hybridized carbons (Fsp3) is 0.647. The van der Waals surface area contributed by atoms with Crippen molar-refractivity contribution in [3.05, 3.63) is 18.3 Å². The Morgan fingerprint density at radius 3 is 2.72 bits per heavy atom. The van der Waals surface area contributed by atoms with Gasteiger partial charge in [-0.2, -0.15) is 13.2 Å². The molecule has 1 aromatic heterocycles. The summed E-state index contributed by atoms with van der Waals surface area (Å²) in [5.74, 6) is -0.0698. The number of nitrogens with zero attached hydrogens (tertiary/aromatic N) is 2. The molecule has 1 N–H and O–H groups in total. The lowest BCUT2D eigenvalue weighted by atomic mass is 10.1. The Bertz CT molecular complexity index is 602. The summed E-state index contributed by atoms with van der Waals surface area (Å²) < 4.78 is 43.8. The summed E-state index contributed by atoms with van der Waals surface area (Å²) in [7, 11) is 0. The zero-order valence-corrected chi connectivity index (χ0v) is 14.1. The lowest BCUT2D eigenvalue weighted by molar-refractivity contribution is -0.171. The SMILES string of the molecule is C[C@@H](C(=O)Nc1ccc(OCC2CC2)cn1)N1CC[C@@H](C(F)(F)F)C1. The normalized spacial score (nSPS) is 22.6. The monoisotopic (exact) mass is 357 g/mol. The highest BCUT2D eigenvalue weighted by atomic mass is 19.4. The van der Waals surface area contributed by atoms with Crippen LogP contribution in [0.15, 0.2) is 18.3 Å². The number of amides is 1. The van der Waals surface area contributed by atoms with Crippen LogP contribution >= 0.6 is 0 Å². The molecule has 2 aliphatic rings. The molecule has 1 aliphatic carbocycles. The Kier molecular flexibility index (Phi) is 5.17. The van der Waals surface area contributed by atoms with Crippen LogP contribution in [0.4, 0.5) is 19.0 Å². The number of hydrogen-bond acceptors (Lipinski definition) is 4. The van der Waals surface area contributed by atoms with Gasteiger partial charge in [0.15, 0.2) is 0 Å². The second-order valence-electron chi connectivity index (χ2n) is 6.82. The van der Waals surface area contributed by atoms with Crippen molar-refractivity contribution in [2.45, 2.75) is 38.4 Å². The lowest BCUT2D eigenvalue weighted by Gasteiger charge is -2.23. The minimum Gasteiger partial charge on any atom is -0.492 e. The second kappa shape index (κ2) is 7.19. The highest BCUT2D eigenvalue weighted by Gasteiger charge is 2.45. The summed E-state index contributed by atoms with van der Waals surface area (Å²) in [6, 6.07) is 2.72. The van der Waals surface area contributed by atoms with E-state index in [1.54, 1.807) is 24.0 Å². The fourth-order valence-electron chi connectivity index (χ4n) is 2.84. The van der Waals surface area contributed by atoms with Crippen LogP contribution in [0.3, 0.4) is 0 Å². The van der Waals surface area contributed by atoms with Gasteiger partial charge in [0.2, 0.25) is 5.91 Å². The molecule has 2 heterocycles. The highest BCUT2D eigenvalue weighted by molar-refractivity contribution is 5.93. The van der Waals surface area contributed by atoms with Crippen LogP contribution in [-0.4, -0.2) is 47.7 Å². The predicted octanol–water partition coefficient (Wildman–Crippen LogP) is 3.08. The molecule has 2 fully saturated rings. The van der Waals surface area contributed by atoms with E-state index < -0.39 is 18.1 Å². The summed E-state index contributed by atoms with van der Waals surface area (Å²) in [6.07, 6.45) is -0.232. The fourth-order valence-corrected chi connectivity index (χ4v) is 2.84. The predicted molar refractivity (Wildman–Crippen MR) is 86.3 cm³/mol. The number of likely N-dealkylation sites (tertiary alicyclic amines) is 1. The number of alkyl halides is 3. The van der Waals surface area contributed by atoms with E-state index >= 15 is 0 Å². The van der Waals surface area contributed by atoms with E-state index in [4.69, 9.17) is 4.74 Å². The number of aromatic nitrogens is 1. The number of ether oxygens (including phenoxy) is 1. The quantitative estimate of drug-likeness (QED) is 0.850. The number of carbonyl (C=O) groups excluding carboxylic acids is 1. The maximum atomic E-state index is 12.8. The molecule has 1 saturated heterocycles. The summed E-state index contributed by atoms with van der Waals surface area (Å²) in [5, 5.41) is 2.65. The van der Waals surface area contributed by atoms with E-state index in [-0.39, 0.29) is 25.4 Å². The molecule has 25 heavy (non-hydrogen) atoms. The van der Waals surface area contributed by atoms with Crippen molar-refractivity contribution in [1.82, 2.24) is 9.88 Å². The first-order valence-corrected chi connectivity index (χ1v) is 8.53. The van der Waals surface area contributed by atoms with Crippen LogP contribution in [0, 0.1) is 11.8 Å². The maximum Gasteiger partial charge on any atom is 0.393 e. The van der Waals surface area contributed by atoms with Crippen molar-refractivity contribution in [2.75, 3.05) is 25.0 Å². The van der Waals surface area contributed by atoms with Crippen LogP contribution < -0.4 is 10.1 Å². The van der Waals surface area contributed by atoms with Gasteiger partial charge in [-0.1, -0.05) is 0 Å². The van der Waals surface area contributed by atoms with Crippen LogP contribution in [0.1, 0.15) is 26.2 Å². The summed E-state index contributed by atoms with van der Waals surface area (Å²) >= 11 is 0.